The number of fused-ring (bicyclic) bond motifs is 4. The van der Waals surface area contributed by atoms with E-state index in [0.29, 0.717) is 5.75 Å². The molecule has 31 heavy (non-hydrogen) atoms. The smallest absolute Gasteiger partial charge is 0.291 e. The number of nitrogens with zero attached hydrogens (tertiary/aromatic N) is 1. The maximum atomic E-state index is 13.8. The summed E-state index contributed by atoms with van der Waals surface area (Å²) in [7, 11) is 1.57. The standard InChI is InChI=1S/C24H25N3O4/c1-13(2)20-18-19(24(26-20)15-9-5-6-10-16(15)25-23(24)30)22(29)27(21(18)28)12-14-8-4-7-11-17(14)31-3/h4-11,13,18-20,26H,12H2,1-3H3,(H,25,30)/p+1/t18-,19+,20-,24+/m0/s1. The van der Waals surface area contributed by atoms with Gasteiger partial charge in [-0.15, -0.1) is 0 Å². The maximum absolute atomic E-state index is 13.8. The van der Waals surface area contributed by atoms with Gasteiger partial charge in [-0.2, -0.15) is 0 Å². The van der Waals surface area contributed by atoms with Crippen LogP contribution in [0.4, 0.5) is 5.69 Å². The van der Waals surface area contributed by atoms with Gasteiger partial charge in [-0.3, -0.25) is 19.3 Å². The summed E-state index contributed by atoms with van der Waals surface area (Å²) in [4.78, 5) is 42.0. The number of hydrogen-bond donors (Lipinski definition) is 2. The van der Waals surface area contributed by atoms with Gasteiger partial charge in [-0.05, 0) is 12.1 Å². The predicted molar refractivity (Wildman–Crippen MR) is 113 cm³/mol. The van der Waals surface area contributed by atoms with Crippen LogP contribution >= 0.6 is 0 Å². The lowest BCUT2D eigenvalue weighted by Gasteiger charge is -2.27. The van der Waals surface area contributed by atoms with Gasteiger partial charge in [0.25, 0.3) is 5.91 Å². The molecule has 2 fully saturated rings. The van der Waals surface area contributed by atoms with Crippen molar-refractivity contribution in [3.05, 3.63) is 59.7 Å². The Morgan fingerprint density at radius 3 is 2.52 bits per heavy atom. The van der Waals surface area contributed by atoms with Crippen molar-refractivity contribution >= 4 is 23.4 Å². The Bertz CT molecular complexity index is 1100. The number of methoxy groups -OCH3 is 1. The number of anilines is 1. The van der Waals surface area contributed by atoms with Crippen molar-refractivity contribution < 1.29 is 24.4 Å². The SMILES string of the molecule is COc1ccccc1CN1C(=O)[C@@H]2[C@H](C(C)C)[NH2+][C@@]3(C(=O)Nc4ccccc43)[C@H]2C1=O. The first-order chi connectivity index (χ1) is 14.9. The Labute approximate surface area is 180 Å². The van der Waals surface area contributed by atoms with Gasteiger partial charge >= 0.3 is 0 Å². The van der Waals surface area contributed by atoms with Gasteiger partial charge in [0, 0.05) is 17.0 Å². The van der Waals surface area contributed by atoms with Crippen LogP contribution in [0.2, 0.25) is 0 Å². The van der Waals surface area contributed by atoms with Crippen LogP contribution in [0.25, 0.3) is 0 Å². The number of ether oxygens (including phenoxy) is 1. The fourth-order valence-electron chi connectivity index (χ4n) is 5.67. The fraction of sp³-hybridized carbons (Fsp3) is 0.375. The second kappa shape index (κ2) is 6.92. The van der Waals surface area contributed by atoms with Crippen LogP contribution in [0.15, 0.2) is 48.5 Å². The van der Waals surface area contributed by atoms with Gasteiger partial charge in [0.15, 0.2) is 0 Å². The minimum atomic E-state index is -1.11. The molecule has 4 atom stereocenters. The highest BCUT2D eigenvalue weighted by Crippen LogP contribution is 2.50. The van der Waals surface area contributed by atoms with Gasteiger partial charge < -0.3 is 15.4 Å². The lowest BCUT2D eigenvalue weighted by Crippen LogP contribution is -2.99. The number of nitrogens with two attached hydrogens (primary N) is 1. The third kappa shape index (κ3) is 2.59. The number of para-hydroxylation sites is 2. The number of benzene rings is 2. The summed E-state index contributed by atoms with van der Waals surface area (Å²) in [5.41, 5.74) is 1.16. The summed E-state index contributed by atoms with van der Waals surface area (Å²) in [5.74, 6) is -1.23. The molecule has 7 nitrogen and oxygen atoms in total. The molecule has 3 aliphatic rings. The molecule has 0 unspecified atom stereocenters. The van der Waals surface area contributed by atoms with E-state index in [4.69, 9.17) is 4.74 Å². The number of hydrogen-bond acceptors (Lipinski definition) is 4. The van der Waals surface area contributed by atoms with Crippen molar-refractivity contribution in [2.75, 3.05) is 12.4 Å². The van der Waals surface area contributed by atoms with Gasteiger partial charge in [0.05, 0.1) is 19.3 Å². The van der Waals surface area contributed by atoms with E-state index in [-0.39, 0.29) is 36.2 Å². The number of nitrogens with one attached hydrogen (secondary N) is 1. The van der Waals surface area contributed by atoms with E-state index in [1.165, 1.54) is 4.90 Å². The molecule has 5 rings (SSSR count). The summed E-state index contributed by atoms with van der Waals surface area (Å²) >= 11 is 0. The molecule has 3 N–H and O–H groups in total. The quantitative estimate of drug-likeness (QED) is 0.728. The van der Waals surface area contributed by atoms with E-state index in [0.717, 1.165) is 16.8 Å². The zero-order chi connectivity index (χ0) is 21.9. The lowest BCUT2D eigenvalue weighted by molar-refractivity contribution is -0.738. The lowest BCUT2D eigenvalue weighted by atomic mass is 9.76. The predicted octanol–water partition coefficient (Wildman–Crippen LogP) is 1.25. The first-order valence-electron chi connectivity index (χ1n) is 10.6. The summed E-state index contributed by atoms with van der Waals surface area (Å²) < 4.78 is 5.42. The summed E-state index contributed by atoms with van der Waals surface area (Å²) in [5, 5.41) is 4.92. The van der Waals surface area contributed by atoms with E-state index in [1.807, 2.05) is 67.7 Å². The van der Waals surface area contributed by atoms with Crippen molar-refractivity contribution in [1.82, 2.24) is 4.90 Å². The van der Waals surface area contributed by atoms with Crippen LogP contribution in [0.5, 0.6) is 5.75 Å². The normalized spacial score (nSPS) is 29.0. The molecule has 2 saturated heterocycles. The van der Waals surface area contributed by atoms with Gasteiger partial charge in [0.2, 0.25) is 17.4 Å². The van der Waals surface area contributed by atoms with Crippen LogP contribution < -0.4 is 15.4 Å². The molecule has 2 aromatic carbocycles. The van der Waals surface area contributed by atoms with E-state index in [2.05, 4.69) is 5.32 Å². The molecule has 3 heterocycles. The highest BCUT2D eigenvalue weighted by atomic mass is 16.5. The van der Waals surface area contributed by atoms with Crippen LogP contribution in [-0.4, -0.2) is 35.8 Å². The molecule has 0 aromatic heterocycles. The molecule has 2 aromatic rings. The molecule has 0 aliphatic carbocycles. The van der Waals surface area contributed by atoms with Crippen molar-refractivity contribution in [2.24, 2.45) is 17.8 Å². The van der Waals surface area contributed by atoms with Gasteiger partial charge in [-0.25, -0.2) is 0 Å². The molecule has 0 saturated carbocycles. The largest absolute Gasteiger partial charge is 0.496 e. The van der Waals surface area contributed by atoms with Crippen LogP contribution in [0.1, 0.15) is 25.0 Å². The van der Waals surface area contributed by atoms with Crippen LogP contribution in [0, 0.1) is 17.8 Å². The number of amides is 3. The number of carbonyl (C=O) groups is 3. The molecule has 3 amide bonds. The monoisotopic (exact) mass is 420 g/mol. The Hall–Kier alpha value is -3.19. The van der Waals surface area contributed by atoms with Crippen LogP contribution in [-0.2, 0) is 26.5 Å². The van der Waals surface area contributed by atoms with E-state index in [1.54, 1.807) is 7.11 Å². The summed E-state index contributed by atoms with van der Waals surface area (Å²) in [6, 6.07) is 14.7. The average molecular weight is 420 g/mol. The highest BCUT2D eigenvalue weighted by molar-refractivity contribution is 6.13. The average Bonchev–Trinajstić information content (AvgIpc) is 3.35. The minimum absolute atomic E-state index is 0.121. The molecule has 0 radical (unpaired) electrons. The Morgan fingerprint density at radius 2 is 1.77 bits per heavy atom. The Morgan fingerprint density at radius 1 is 1.06 bits per heavy atom. The number of likely N-dealkylation sites (tertiary alicyclic amines) is 1. The zero-order valence-electron chi connectivity index (χ0n) is 17.8. The third-order valence-electron chi connectivity index (χ3n) is 7.09. The second-order valence-electron chi connectivity index (χ2n) is 8.93. The highest BCUT2D eigenvalue weighted by Gasteiger charge is 2.74. The zero-order valence-corrected chi connectivity index (χ0v) is 17.8. The van der Waals surface area contributed by atoms with Gasteiger partial charge in [0.1, 0.15) is 23.6 Å². The number of quaternary nitrogens is 1. The summed E-state index contributed by atoms with van der Waals surface area (Å²) in [6.07, 6.45) is 0. The molecular formula is C24H26N3O4+. The van der Waals surface area contributed by atoms with E-state index in [9.17, 15) is 14.4 Å². The Kier molecular flexibility index (Phi) is 4.41. The molecule has 3 aliphatic heterocycles. The van der Waals surface area contributed by atoms with Crippen molar-refractivity contribution in [1.29, 1.82) is 0 Å². The van der Waals surface area contributed by atoms with Crippen molar-refractivity contribution in [2.45, 2.75) is 32.0 Å². The minimum Gasteiger partial charge on any atom is -0.496 e. The number of imide groups is 1. The topological polar surface area (TPSA) is 92.3 Å². The van der Waals surface area contributed by atoms with Crippen molar-refractivity contribution in [3.8, 4) is 5.75 Å². The van der Waals surface area contributed by atoms with Gasteiger partial charge in [-0.1, -0.05) is 50.2 Å². The molecule has 0 bridgehead atoms. The number of rotatable bonds is 4. The molecular weight excluding hydrogens is 394 g/mol. The molecule has 7 heteroatoms. The maximum Gasteiger partial charge on any atom is 0.291 e. The van der Waals surface area contributed by atoms with Crippen LogP contribution in [0.3, 0.4) is 0 Å². The first kappa shape index (κ1) is 19.8. The first-order valence-corrected chi connectivity index (χ1v) is 10.6. The van der Waals surface area contributed by atoms with Crippen molar-refractivity contribution in [3.63, 3.8) is 0 Å². The second-order valence-corrected chi connectivity index (χ2v) is 8.93. The number of carbonyl (C=O) groups excluding carboxylic acids is 3. The molecule has 160 valence electrons. The Balaban J connectivity index is 1.60. The summed E-state index contributed by atoms with van der Waals surface area (Å²) in [6.45, 7) is 4.21. The fourth-order valence-corrected chi connectivity index (χ4v) is 5.67. The van der Waals surface area contributed by atoms with E-state index < -0.39 is 17.4 Å². The third-order valence-corrected chi connectivity index (χ3v) is 7.09. The van der Waals surface area contributed by atoms with E-state index >= 15 is 0 Å². The molecule has 1 spiro atoms.